The van der Waals surface area contributed by atoms with E-state index < -0.39 is 77.2 Å². The Balaban J connectivity index is 0.000000298. The first kappa shape index (κ1) is 83.1. The Kier molecular flexibility index (Phi) is 30.8. The van der Waals surface area contributed by atoms with Crippen LogP contribution in [0.25, 0.3) is 55.5 Å². The van der Waals surface area contributed by atoms with Crippen LogP contribution < -0.4 is 0 Å². The minimum atomic E-state index is -1.07. The average molecular weight is 1400 g/mol. The number of ether oxygens (including phenoxy) is 5. The predicted molar refractivity (Wildman–Crippen MR) is 394 cm³/mol. The van der Waals surface area contributed by atoms with Crippen LogP contribution in [-0.2, 0) is 38.1 Å². The Labute approximate surface area is 599 Å². The SMILES string of the molecule is C.C.C.C.C(#Cc1ccccc1)c1ccccc1.CC(C)(C)OC(=O)N1C[C@H](n2nnc(-c3ccccc3)c2-c2ccccc2)C[C@H]1C(=O)O.COC(=O)[C@@H]1C[C@@H](N=[N+]=[N-])CN1C(=O)OC(C)(C)C.COC(=O)[C@@H]1C[C@@H](n2nnc(-c3ccccc3)c2-c2ccccc2)CN1C(=O)OC(C)(C)C. The van der Waals surface area contributed by atoms with Crippen LogP contribution in [0.15, 0.2) is 187 Å². The number of aromatic nitrogens is 6. The lowest BCUT2D eigenvalue weighted by molar-refractivity contribution is -0.146. The maximum absolute atomic E-state index is 12.9. The Hall–Kier alpha value is -11.3. The van der Waals surface area contributed by atoms with Gasteiger partial charge < -0.3 is 28.8 Å². The Morgan fingerprint density at radius 3 is 1.06 bits per heavy atom. The summed E-state index contributed by atoms with van der Waals surface area (Å²) in [5.41, 5.74) is 15.3. The number of carboxylic acid groups (broad SMARTS) is 1. The summed E-state index contributed by atoms with van der Waals surface area (Å²) in [7, 11) is 2.57. The quantitative estimate of drug-likeness (QED) is 0.0332. The number of amides is 3. The first-order valence-corrected chi connectivity index (χ1v) is 31.9. The van der Waals surface area contributed by atoms with Crippen LogP contribution in [0.4, 0.5) is 14.4 Å². The number of carbonyl (C=O) groups is 6. The van der Waals surface area contributed by atoms with Gasteiger partial charge in [-0.25, -0.2) is 38.1 Å². The van der Waals surface area contributed by atoms with Crippen molar-refractivity contribution >= 4 is 36.2 Å². The van der Waals surface area contributed by atoms with Gasteiger partial charge in [0.05, 0.1) is 43.7 Å². The fourth-order valence-electron chi connectivity index (χ4n) is 11.1. The third-order valence-corrected chi connectivity index (χ3v) is 15.3. The number of azide groups is 1. The predicted octanol–water partition coefficient (Wildman–Crippen LogP) is 16.1. The Morgan fingerprint density at radius 1 is 0.451 bits per heavy atom. The summed E-state index contributed by atoms with van der Waals surface area (Å²) in [5, 5.41) is 31.1. The number of hydrogen-bond donors (Lipinski definition) is 1. The number of hydrogen-bond acceptors (Lipinski definition) is 16. The molecule has 3 aliphatic heterocycles. The minimum Gasteiger partial charge on any atom is -0.480 e. The number of carboxylic acids is 1. The average Bonchev–Trinajstić information content (AvgIpc) is 1.62. The highest BCUT2D eigenvalue weighted by Crippen LogP contribution is 2.39. The molecule has 6 atom stereocenters. The van der Waals surface area contributed by atoms with Crippen LogP contribution in [0.5, 0.6) is 0 Å². The number of aliphatic carboxylic acids is 1. The molecule has 6 aromatic carbocycles. The van der Waals surface area contributed by atoms with Gasteiger partial charge in [-0.15, -0.1) is 10.2 Å². The number of esters is 2. The molecule has 0 aliphatic carbocycles. The van der Waals surface area contributed by atoms with E-state index in [1.807, 2.05) is 187 Å². The first-order valence-electron chi connectivity index (χ1n) is 31.9. The van der Waals surface area contributed by atoms with Crippen LogP contribution in [0.3, 0.4) is 0 Å². The molecule has 1 N–H and O–H groups in total. The first-order chi connectivity index (χ1) is 46.8. The maximum atomic E-state index is 12.9. The molecule has 2 aromatic heterocycles. The molecule has 3 aliphatic rings. The molecule has 11 rings (SSSR count). The summed E-state index contributed by atoms with van der Waals surface area (Å²) < 4.78 is 29.4. The lowest BCUT2D eigenvalue weighted by Gasteiger charge is -2.27. The normalized spacial score (nSPS) is 17.1. The molecule has 3 saturated heterocycles. The number of nitrogens with zero attached hydrogens (tertiary/aromatic N) is 12. The van der Waals surface area contributed by atoms with Crippen molar-refractivity contribution in [3.63, 3.8) is 0 Å². The lowest BCUT2D eigenvalue weighted by atomic mass is 10.0. The molecular weight excluding hydrogens is 1300 g/mol. The molecule has 8 aromatic rings. The number of methoxy groups -OCH3 is 2. The van der Waals surface area contributed by atoms with Gasteiger partial charge in [0.1, 0.15) is 46.3 Å². The van der Waals surface area contributed by atoms with Gasteiger partial charge in [0.2, 0.25) is 0 Å². The van der Waals surface area contributed by atoms with Crippen LogP contribution in [0.2, 0.25) is 0 Å². The molecule has 24 nitrogen and oxygen atoms in total. The van der Waals surface area contributed by atoms with Gasteiger partial charge in [-0.2, -0.15) is 0 Å². The molecule has 5 heterocycles. The fraction of sp³-hybridized carbons (Fsp3) is 0.385. The second kappa shape index (κ2) is 37.8. The zero-order valence-corrected chi connectivity index (χ0v) is 56.8. The molecule has 0 unspecified atom stereocenters. The smallest absolute Gasteiger partial charge is 0.411 e. The summed E-state index contributed by atoms with van der Waals surface area (Å²) in [6.45, 7) is 16.4. The van der Waals surface area contributed by atoms with E-state index in [2.05, 4.69) is 47.2 Å². The topological polar surface area (TPSA) is 289 Å². The zero-order valence-electron chi connectivity index (χ0n) is 56.8. The van der Waals surface area contributed by atoms with Gasteiger partial charge >= 0.3 is 36.2 Å². The number of benzene rings is 6. The summed E-state index contributed by atoms with van der Waals surface area (Å²) in [6.07, 6.45) is -0.994. The standard InChI is InChI=1S/C25H28N4O4.C24H26N4O4.C14H10.C11H18N4O4.4CH4/c1-25(2,3)33-24(31)28-16-19(15-20(28)23(30)32-4)29-22(18-13-9-6-10-14-18)21(26-27-29)17-11-7-5-8-12-17;1-24(2,3)32-23(31)27-15-18(14-19(27)22(29)30)28-21(17-12-8-5-9-13-17)20(25-26-28)16-10-6-4-7-11-16;1-3-7-13(8-4-1)11-12-14-9-5-2-6-10-14;1-11(2,3)19-10(17)15-6-7(13-14-12)5-8(15)9(16)18-4;;;;/h5-14,19-20H,15-16H2,1-4H3;4-13,18-19H,14-15H2,1-3H3,(H,29,30);1-10H;7-8H,5-6H2,1-4H3;4*1H4/t19-,20+;18-,19+;;7-,8+;;;;/m11.1..../s1. The summed E-state index contributed by atoms with van der Waals surface area (Å²) >= 11 is 0. The van der Waals surface area contributed by atoms with Crippen LogP contribution in [-0.4, -0.2) is 161 Å². The van der Waals surface area contributed by atoms with Crippen molar-refractivity contribution in [2.24, 2.45) is 5.11 Å². The minimum absolute atomic E-state index is 0. The molecule has 24 heteroatoms. The highest BCUT2D eigenvalue weighted by atomic mass is 16.6. The summed E-state index contributed by atoms with van der Waals surface area (Å²) in [4.78, 5) is 80.4. The summed E-state index contributed by atoms with van der Waals surface area (Å²) in [5.74, 6) is 4.14. The van der Waals surface area contributed by atoms with Crippen molar-refractivity contribution in [1.82, 2.24) is 44.7 Å². The summed E-state index contributed by atoms with van der Waals surface area (Å²) in [6, 6.07) is 55.6. The van der Waals surface area contributed by atoms with E-state index in [9.17, 15) is 33.9 Å². The maximum Gasteiger partial charge on any atom is 0.411 e. The largest absolute Gasteiger partial charge is 0.480 e. The lowest BCUT2D eigenvalue weighted by Crippen LogP contribution is -2.43. The van der Waals surface area contributed by atoms with Crippen molar-refractivity contribution < 1.29 is 57.6 Å². The molecule has 3 fully saturated rings. The monoisotopic (exact) mass is 1390 g/mol. The van der Waals surface area contributed by atoms with E-state index in [0.717, 1.165) is 50.5 Å². The molecule has 0 spiro atoms. The Morgan fingerprint density at radius 2 is 0.745 bits per heavy atom. The number of rotatable bonds is 10. The van der Waals surface area contributed by atoms with Gasteiger partial charge in [0, 0.05) is 70.8 Å². The van der Waals surface area contributed by atoms with E-state index in [-0.39, 0.29) is 74.3 Å². The second-order valence-electron chi connectivity index (χ2n) is 26.1. The van der Waals surface area contributed by atoms with Crippen molar-refractivity contribution in [3.8, 4) is 56.9 Å². The number of carbonyl (C=O) groups excluding carboxylic acids is 5. The molecular formula is C78H98N12O12. The highest BCUT2D eigenvalue weighted by molar-refractivity contribution is 5.85. The van der Waals surface area contributed by atoms with Crippen molar-refractivity contribution in [2.75, 3.05) is 33.9 Å². The van der Waals surface area contributed by atoms with Gasteiger partial charge in [-0.1, -0.05) is 215 Å². The Bertz CT molecular complexity index is 4060. The van der Waals surface area contributed by atoms with Crippen molar-refractivity contribution in [1.29, 1.82) is 0 Å². The molecule has 0 bridgehead atoms. The molecule has 0 saturated carbocycles. The van der Waals surface area contributed by atoms with E-state index in [1.165, 1.54) is 28.9 Å². The van der Waals surface area contributed by atoms with Gasteiger partial charge in [0.25, 0.3) is 0 Å². The van der Waals surface area contributed by atoms with E-state index >= 15 is 0 Å². The zero-order chi connectivity index (χ0) is 70.7. The second-order valence-corrected chi connectivity index (χ2v) is 26.1. The van der Waals surface area contributed by atoms with E-state index in [4.69, 9.17) is 24.5 Å². The number of likely N-dealkylation sites (tertiary alicyclic amines) is 3. The van der Waals surface area contributed by atoms with E-state index in [1.54, 1.807) is 67.0 Å². The third kappa shape index (κ3) is 22.6. The van der Waals surface area contributed by atoms with Crippen molar-refractivity contribution in [2.45, 2.75) is 164 Å². The fourth-order valence-corrected chi connectivity index (χ4v) is 11.1. The van der Waals surface area contributed by atoms with Gasteiger partial charge in [-0.3, -0.25) is 14.7 Å². The van der Waals surface area contributed by atoms with Gasteiger partial charge in [-0.05, 0) is 98.5 Å². The van der Waals surface area contributed by atoms with Crippen LogP contribution >= 0.6 is 0 Å². The van der Waals surface area contributed by atoms with Crippen LogP contribution in [0.1, 0.15) is 134 Å². The van der Waals surface area contributed by atoms with Gasteiger partial charge in [0.15, 0.2) is 0 Å². The highest BCUT2D eigenvalue weighted by Gasteiger charge is 2.46. The molecule has 542 valence electrons. The molecule has 0 radical (unpaired) electrons. The van der Waals surface area contributed by atoms with Crippen molar-refractivity contribution in [3.05, 3.63) is 204 Å². The third-order valence-electron chi connectivity index (χ3n) is 15.3. The molecule has 3 amide bonds. The van der Waals surface area contributed by atoms with Crippen LogP contribution in [0, 0.1) is 11.8 Å². The van der Waals surface area contributed by atoms with E-state index in [0.29, 0.717) is 12.1 Å². The molecule has 102 heavy (non-hydrogen) atoms.